The second-order valence-electron chi connectivity index (χ2n) is 6.60. The van der Waals surface area contributed by atoms with E-state index in [4.69, 9.17) is 9.47 Å². The van der Waals surface area contributed by atoms with E-state index in [9.17, 15) is 4.79 Å². The molecule has 6 nitrogen and oxygen atoms in total. The first-order valence-electron chi connectivity index (χ1n) is 9.26. The Bertz CT molecular complexity index is 1100. The first kappa shape index (κ1) is 18.7. The molecule has 2 heterocycles. The second-order valence-corrected chi connectivity index (χ2v) is 6.60. The maximum absolute atomic E-state index is 12.6. The molecule has 0 spiro atoms. The summed E-state index contributed by atoms with van der Waals surface area (Å²) in [6, 6.07) is 20.5. The van der Waals surface area contributed by atoms with E-state index in [2.05, 4.69) is 10.3 Å². The molecule has 146 valence electrons. The predicted molar refractivity (Wildman–Crippen MR) is 111 cm³/mol. The zero-order chi connectivity index (χ0) is 20.1. The molecule has 0 bridgehead atoms. The highest BCUT2D eigenvalue weighted by molar-refractivity contribution is 6.04. The van der Waals surface area contributed by atoms with Gasteiger partial charge in [0.15, 0.2) is 0 Å². The van der Waals surface area contributed by atoms with E-state index in [1.165, 1.54) is 0 Å². The Balaban J connectivity index is 1.42. The van der Waals surface area contributed by atoms with Crippen LogP contribution in [-0.4, -0.2) is 22.4 Å². The molecule has 6 heteroatoms. The van der Waals surface area contributed by atoms with Crippen molar-refractivity contribution in [1.82, 2.24) is 9.38 Å². The average Bonchev–Trinajstić information content (AvgIpc) is 3.16. The van der Waals surface area contributed by atoms with Crippen molar-refractivity contribution in [1.29, 1.82) is 0 Å². The third-order valence-corrected chi connectivity index (χ3v) is 4.39. The lowest BCUT2D eigenvalue weighted by atomic mass is 10.1. The minimum absolute atomic E-state index is 0.197. The smallest absolute Gasteiger partial charge is 0.255 e. The van der Waals surface area contributed by atoms with Gasteiger partial charge in [0, 0.05) is 30.8 Å². The molecule has 0 aliphatic carbocycles. The molecule has 0 fully saturated rings. The van der Waals surface area contributed by atoms with Crippen molar-refractivity contribution in [3.8, 4) is 5.75 Å². The molecule has 0 atom stereocenters. The summed E-state index contributed by atoms with van der Waals surface area (Å²) in [5.74, 6) is 0.417. The average molecular weight is 387 g/mol. The molecule has 2 aromatic heterocycles. The Morgan fingerprint density at radius 2 is 1.93 bits per heavy atom. The zero-order valence-electron chi connectivity index (χ0n) is 16.0. The first-order valence-corrected chi connectivity index (χ1v) is 9.26. The number of amides is 1. The Hall–Kier alpha value is -3.64. The lowest BCUT2D eigenvalue weighted by molar-refractivity contribution is 0.102. The number of ether oxygens (including phenoxy) is 2. The van der Waals surface area contributed by atoms with Gasteiger partial charge in [0.2, 0.25) is 0 Å². The highest BCUT2D eigenvalue weighted by Gasteiger charge is 2.09. The summed E-state index contributed by atoms with van der Waals surface area (Å²) in [5.41, 5.74) is 3.93. The fraction of sp³-hybridized carbons (Fsp3) is 0.130. The van der Waals surface area contributed by atoms with Gasteiger partial charge in [-0.3, -0.25) is 4.79 Å². The van der Waals surface area contributed by atoms with Crippen LogP contribution in [0.2, 0.25) is 0 Å². The summed E-state index contributed by atoms with van der Waals surface area (Å²) >= 11 is 0. The van der Waals surface area contributed by atoms with E-state index in [-0.39, 0.29) is 5.91 Å². The summed E-state index contributed by atoms with van der Waals surface area (Å²) in [4.78, 5) is 17.1. The van der Waals surface area contributed by atoms with Crippen molar-refractivity contribution < 1.29 is 14.3 Å². The fourth-order valence-corrected chi connectivity index (χ4v) is 3.05. The van der Waals surface area contributed by atoms with Crippen molar-refractivity contribution in [2.24, 2.45) is 0 Å². The Morgan fingerprint density at radius 3 is 2.79 bits per heavy atom. The summed E-state index contributed by atoms with van der Waals surface area (Å²) in [7, 11) is 1.64. The molecule has 0 radical (unpaired) electrons. The number of imidazole rings is 1. The number of nitrogens with zero attached hydrogens (tertiary/aromatic N) is 2. The van der Waals surface area contributed by atoms with Gasteiger partial charge >= 0.3 is 0 Å². The van der Waals surface area contributed by atoms with Crippen LogP contribution in [0.25, 0.3) is 5.65 Å². The van der Waals surface area contributed by atoms with Gasteiger partial charge < -0.3 is 19.2 Å². The summed E-state index contributed by atoms with van der Waals surface area (Å²) in [6.45, 7) is 0.821. The number of methoxy groups -OCH3 is 1. The Morgan fingerprint density at radius 1 is 1.03 bits per heavy atom. The van der Waals surface area contributed by atoms with Crippen LogP contribution >= 0.6 is 0 Å². The topological polar surface area (TPSA) is 64.9 Å². The van der Waals surface area contributed by atoms with Crippen LogP contribution in [0.1, 0.15) is 21.6 Å². The number of hydrogen-bond acceptors (Lipinski definition) is 4. The number of fused-ring (bicyclic) bond motifs is 1. The van der Waals surface area contributed by atoms with Crippen LogP contribution in [0.5, 0.6) is 5.75 Å². The lowest BCUT2D eigenvalue weighted by Gasteiger charge is -2.09. The normalized spacial score (nSPS) is 10.8. The summed E-state index contributed by atoms with van der Waals surface area (Å²) in [6.07, 6.45) is 3.87. The number of carbonyl (C=O) groups excluding carboxylic acids is 1. The SMILES string of the molecule is COCc1cccc(NC(=O)c2cccc(OCc3cn4ccccc4n3)c2)c1. The van der Waals surface area contributed by atoms with Gasteiger partial charge in [-0.2, -0.15) is 0 Å². The van der Waals surface area contributed by atoms with Crippen LogP contribution in [-0.2, 0) is 18.0 Å². The minimum Gasteiger partial charge on any atom is -0.487 e. The monoisotopic (exact) mass is 387 g/mol. The number of hydrogen-bond donors (Lipinski definition) is 1. The van der Waals surface area contributed by atoms with Gasteiger partial charge in [0.05, 0.1) is 12.3 Å². The van der Waals surface area contributed by atoms with Crippen molar-refractivity contribution in [3.05, 3.63) is 95.9 Å². The number of rotatable bonds is 7. The summed E-state index contributed by atoms with van der Waals surface area (Å²) in [5, 5.41) is 2.91. The van der Waals surface area contributed by atoms with E-state index in [0.717, 1.165) is 22.6 Å². The van der Waals surface area contributed by atoms with Crippen molar-refractivity contribution in [2.45, 2.75) is 13.2 Å². The van der Waals surface area contributed by atoms with Crippen LogP contribution < -0.4 is 10.1 Å². The molecule has 1 N–H and O–H groups in total. The molecule has 0 aliphatic heterocycles. The number of aromatic nitrogens is 2. The van der Waals surface area contributed by atoms with Crippen LogP contribution in [0.15, 0.2) is 79.1 Å². The second kappa shape index (κ2) is 8.58. The number of benzene rings is 2. The van der Waals surface area contributed by atoms with Gasteiger partial charge in [-0.05, 0) is 48.0 Å². The zero-order valence-corrected chi connectivity index (χ0v) is 16.0. The van der Waals surface area contributed by atoms with Gasteiger partial charge in [0.25, 0.3) is 5.91 Å². The highest BCUT2D eigenvalue weighted by atomic mass is 16.5. The van der Waals surface area contributed by atoms with E-state index in [1.807, 2.05) is 65.3 Å². The standard InChI is InChI=1S/C23H21N3O3/c1-28-15-17-6-4-8-19(12-17)25-23(27)18-7-5-9-21(13-18)29-16-20-14-26-11-3-2-10-22(26)24-20/h2-14H,15-16H2,1H3,(H,25,27). The van der Waals surface area contributed by atoms with E-state index in [1.54, 1.807) is 25.3 Å². The number of nitrogens with one attached hydrogen (secondary N) is 1. The largest absolute Gasteiger partial charge is 0.487 e. The van der Waals surface area contributed by atoms with E-state index in [0.29, 0.717) is 24.5 Å². The molecule has 0 saturated carbocycles. The van der Waals surface area contributed by atoms with E-state index >= 15 is 0 Å². The molecule has 0 aliphatic rings. The first-order chi connectivity index (χ1) is 14.2. The lowest BCUT2D eigenvalue weighted by Crippen LogP contribution is -2.12. The predicted octanol–water partition coefficient (Wildman–Crippen LogP) is 4.31. The molecule has 0 unspecified atom stereocenters. The molecular formula is C23H21N3O3. The van der Waals surface area contributed by atoms with Gasteiger partial charge in [-0.1, -0.05) is 24.3 Å². The van der Waals surface area contributed by atoms with Crippen molar-refractivity contribution >= 4 is 17.2 Å². The maximum Gasteiger partial charge on any atom is 0.255 e. The van der Waals surface area contributed by atoms with Crippen LogP contribution in [0.3, 0.4) is 0 Å². The van der Waals surface area contributed by atoms with Gasteiger partial charge in [-0.15, -0.1) is 0 Å². The summed E-state index contributed by atoms with van der Waals surface area (Å²) < 4.78 is 12.9. The molecule has 4 aromatic rings. The van der Waals surface area contributed by atoms with Crippen molar-refractivity contribution in [2.75, 3.05) is 12.4 Å². The molecule has 1 amide bonds. The highest BCUT2D eigenvalue weighted by Crippen LogP contribution is 2.18. The fourth-order valence-electron chi connectivity index (χ4n) is 3.05. The molecule has 29 heavy (non-hydrogen) atoms. The molecular weight excluding hydrogens is 366 g/mol. The Labute approximate surface area is 168 Å². The number of anilines is 1. The van der Waals surface area contributed by atoms with Gasteiger partial charge in [-0.25, -0.2) is 4.98 Å². The third-order valence-electron chi connectivity index (χ3n) is 4.39. The van der Waals surface area contributed by atoms with Crippen LogP contribution in [0.4, 0.5) is 5.69 Å². The molecule has 0 saturated heterocycles. The Kier molecular flexibility index (Phi) is 5.54. The number of pyridine rings is 1. The molecule has 4 rings (SSSR count). The van der Waals surface area contributed by atoms with Crippen molar-refractivity contribution in [3.63, 3.8) is 0 Å². The molecule has 2 aromatic carbocycles. The third kappa shape index (κ3) is 4.62. The quantitative estimate of drug-likeness (QED) is 0.513. The maximum atomic E-state index is 12.6. The van der Waals surface area contributed by atoms with E-state index < -0.39 is 0 Å². The number of carbonyl (C=O) groups is 1. The minimum atomic E-state index is -0.197. The van der Waals surface area contributed by atoms with Crippen LogP contribution in [0, 0.1) is 0 Å². The van der Waals surface area contributed by atoms with Gasteiger partial charge in [0.1, 0.15) is 18.0 Å².